The molecular formula is C16H25FN2. The predicted molar refractivity (Wildman–Crippen MR) is 77.2 cm³/mol. The lowest BCUT2D eigenvalue weighted by Crippen LogP contribution is -2.38. The van der Waals surface area contributed by atoms with E-state index in [1.165, 1.54) is 19.3 Å². The van der Waals surface area contributed by atoms with Gasteiger partial charge in [0.2, 0.25) is 0 Å². The first kappa shape index (κ1) is 14.5. The van der Waals surface area contributed by atoms with Crippen LogP contribution in [0.1, 0.15) is 44.2 Å². The average molecular weight is 264 g/mol. The second-order valence-electron chi connectivity index (χ2n) is 6.03. The Balaban J connectivity index is 2.00. The zero-order valence-corrected chi connectivity index (χ0v) is 12.1. The number of piperidine rings is 1. The molecule has 0 aliphatic carbocycles. The molecule has 0 amide bonds. The fourth-order valence-corrected chi connectivity index (χ4v) is 2.76. The maximum atomic E-state index is 14.1. The number of halogens is 1. The standard InChI is InChI=1S/C16H25FN2/c1-3-16(2)7-9-19(10-8-16)12-14-6-4-5-13(11-18)15(14)17/h4-6H,3,7-12,18H2,1-2H3. The smallest absolute Gasteiger partial charge is 0.132 e. The Morgan fingerprint density at radius 2 is 1.89 bits per heavy atom. The number of benzene rings is 1. The van der Waals surface area contributed by atoms with Crippen molar-refractivity contribution in [1.82, 2.24) is 4.90 Å². The summed E-state index contributed by atoms with van der Waals surface area (Å²) < 4.78 is 14.1. The summed E-state index contributed by atoms with van der Waals surface area (Å²) in [5.74, 6) is -0.117. The first-order valence-corrected chi connectivity index (χ1v) is 7.26. The maximum absolute atomic E-state index is 14.1. The largest absolute Gasteiger partial charge is 0.326 e. The number of nitrogens with zero attached hydrogens (tertiary/aromatic N) is 1. The van der Waals surface area contributed by atoms with E-state index < -0.39 is 0 Å². The molecule has 0 spiro atoms. The Labute approximate surface area is 115 Å². The van der Waals surface area contributed by atoms with Crippen LogP contribution in [0.2, 0.25) is 0 Å². The summed E-state index contributed by atoms with van der Waals surface area (Å²) in [6.07, 6.45) is 3.65. The number of rotatable bonds is 4. The summed E-state index contributed by atoms with van der Waals surface area (Å²) in [6, 6.07) is 5.55. The molecule has 1 aromatic rings. The first-order valence-electron chi connectivity index (χ1n) is 7.26. The maximum Gasteiger partial charge on any atom is 0.132 e. The summed E-state index contributed by atoms with van der Waals surface area (Å²) in [5.41, 5.74) is 7.43. The van der Waals surface area contributed by atoms with Gasteiger partial charge in [-0.25, -0.2) is 4.39 Å². The molecular weight excluding hydrogens is 239 g/mol. The van der Waals surface area contributed by atoms with Crippen molar-refractivity contribution < 1.29 is 4.39 Å². The summed E-state index contributed by atoms with van der Waals surface area (Å²) in [6.45, 7) is 7.74. The van der Waals surface area contributed by atoms with Crippen LogP contribution < -0.4 is 5.73 Å². The third-order valence-electron chi connectivity index (χ3n) is 4.69. The molecule has 1 heterocycles. The predicted octanol–water partition coefficient (Wildman–Crippen LogP) is 3.30. The van der Waals surface area contributed by atoms with Gasteiger partial charge in [0.05, 0.1) is 0 Å². The molecule has 0 aromatic heterocycles. The van der Waals surface area contributed by atoms with Crippen LogP contribution in [0.25, 0.3) is 0 Å². The molecule has 1 saturated heterocycles. The molecule has 2 N–H and O–H groups in total. The van der Waals surface area contributed by atoms with Crippen LogP contribution in [0.3, 0.4) is 0 Å². The first-order chi connectivity index (χ1) is 9.08. The number of hydrogen-bond acceptors (Lipinski definition) is 2. The van der Waals surface area contributed by atoms with Crippen molar-refractivity contribution in [3.05, 3.63) is 35.1 Å². The molecule has 0 atom stereocenters. The molecule has 3 heteroatoms. The molecule has 0 saturated carbocycles. The lowest BCUT2D eigenvalue weighted by molar-refractivity contribution is 0.109. The van der Waals surface area contributed by atoms with Gasteiger partial charge in [0.15, 0.2) is 0 Å². The van der Waals surface area contributed by atoms with E-state index in [4.69, 9.17) is 5.73 Å². The zero-order valence-electron chi connectivity index (χ0n) is 12.1. The van der Waals surface area contributed by atoms with Gasteiger partial charge < -0.3 is 5.73 Å². The van der Waals surface area contributed by atoms with E-state index in [1.807, 2.05) is 12.1 Å². The Kier molecular flexibility index (Phi) is 4.58. The third kappa shape index (κ3) is 3.34. The van der Waals surface area contributed by atoms with Crippen LogP contribution in [-0.4, -0.2) is 18.0 Å². The third-order valence-corrected chi connectivity index (χ3v) is 4.69. The van der Waals surface area contributed by atoms with E-state index in [0.29, 0.717) is 17.5 Å². The van der Waals surface area contributed by atoms with Crippen molar-refractivity contribution >= 4 is 0 Å². The van der Waals surface area contributed by atoms with Crippen LogP contribution in [0, 0.1) is 11.2 Å². The second kappa shape index (κ2) is 6.02. The summed E-state index contributed by atoms with van der Waals surface area (Å²) in [7, 11) is 0. The van der Waals surface area contributed by atoms with Gasteiger partial charge in [0.25, 0.3) is 0 Å². The quantitative estimate of drug-likeness (QED) is 0.904. The Morgan fingerprint density at radius 1 is 1.26 bits per heavy atom. The summed E-state index contributed by atoms with van der Waals surface area (Å²) in [5, 5.41) is 0. The van der Waals surface area contributed by atoms with Gasteiger partial charge in [-0.15, -0.1) is 0 Å². The van der Waals surface area contributed by atoms with E-state index in [0.717, 1.165) is 18.7 Å². The molecule has 106 valence electrons. The van der Waals surface area contributed by atoms with Gasteiger partial charge in [-0.1, -0.05) is 38.5 Å². The molecule has 2 nitrogen and oxygen atoms in total. The van der Waals surface area contributed by atoms with Crippen LogP contribution >= 0.6 is 0 Å². The fraction of sp³-hybridized carbons (Fsp3) is 0.625. The minimum absolute atomic E-state index is 0.117. The lowest BCUT2D eigenvalue weighted by Gasteiger charge is -2.39. The van der Waals surface area contributed by atoms with E-state index in [2.05, 4.69) is 18.7 Å². The Morgan fingerprint density at radius 3 is 2.47 bits per heavy atom. The van der Waals surface area contributed by atoms with Crippen molar-refractivity contribution in [1.29, 1.82) is 0 Å². The highest BCUT2D eigenvalue weighted by Gasteiger charge is 2.28. The van der Waals surface area contributed by atoms with Crippen molar-refractivity contribution in [2.24, 2.45) is 11.1 Å². The molecule has 0 bridgehead atoms. The molecule has 1 aliphatic heterocycles. The number of hydrogen-bond donors (Lipinski definition) is 1. The fourth-order valence-electron chi connectivity index (χ4n) is 2.76. The average Bonchev–Trinajstić information content (AvgIpc) is 2.44. The monoisotopic (exact) mass is 264 g/mol. The molecule has 0 unspecified atom stereocenters. The molecule has 0 radical (unpaired) electrons. The van der Waals surface area contributed by atoms with E-state index in [1.54, 1.807) is 6.07 Å². The van der Waals surface area contributed by atoms with Crippen molar-refractivity contribution in [2.75, 3.05) is 13.1 Å². The minimum Gasteiger partial charge on any atom is -0.326 e. The minimum atomic E-state index is -0.117. The molecule has 1 fully saturated rings. The molecule has 2 rings (SSSR count). The van der Waals surface area contributed by atoms with Gasteiger partial charge in [0, 0.05) is 24.2 Å². The SMILES string of the molecule is CCC1(C)CCN(Cc2cccc(CN)c2F)CC1. The van der Waals surface area contributed by atoms with E-state index >= 15 is 0 Å². The lowest BCUT2D eigenvalue weighted by atomic mass is 9.78. The van der Waals surface area contributed by atoms with Gasteiger partial charge in [-0.2, -0.15) is 0 Å². The second-order valence-corrected chi connectivity index (χ2v) is 6.03. The van der Waals surface area contributed by atoms with Crippen LogP contribution in [-0.2, 0) is 13.1 Å². The van der Waals surface area contributed by atoms with Crippen LogP contribution in [0.15, 0.2) is 18.2 Å². The Hall–Kier alpha value is -0.930. The van der Waals surface area contributed by atoms with Gasteiger partial charge >= 0.3 is 0 Å². The van der Waals surface area contributed by atoms with Crippen molar-refractivity contribution in [3.63, 3.8) is 0 Å². The number of nitrogens with two attached hydrogens (primary N) is 1. The highest BCUT2D eigenvalue weighted by Crippen LogP contribution is 2.34. The van der Waals surface area contributed by atoms with Gasteiger partial charge in [-0.05, 0) is 31.3 Å². The molecule has 1 aliphatic rings. The van der Waals surface area contributed by atoms with E-state index in [9.17, 15) is 4.39 Å². The van der Waals surface area contributed by atoms with Gasteiger partial charge in [-0.3, -0.25) is 4.90 Å². The zero-order chi connectivity index (χ0) is 13.9. The number of likely N-dealkylation sites (tertiary alicyclic amines) is 1. The summed E-state index contributed by atoms with van der Waals surface area (Å²) in [4.78, 5) is 2.36. The van der Waals surface area contributed by atoms with Gasteiger partial charge in [0.1, 0.15) is 5.82 Å². The highest BCUT2D eigenvalue weighted by atomic mass is 19.1. The molecule has 1 aromatic carbocycles. The highest BCUT2D eigenvalue weighted by molar-refractivity contribution is 5.25. The topological polar surface area (TPSA) is 29.3 Å². The van der Waals surface area contributed by atoms with Crippen molar-refractivity contribution in [3.8, 4) is 0 Å². The normalized spacial score (nSPS) is 19.6. The van der Waals surface area contributed by atoms with E-state index in [-0.39, 0.29) is 12.4 Å². The van der Waals surface area contributed by atoms with Crippen molar-refractivity contribution in [2.45, 2.75) is 46.2 Å². The van der Waals surface area contributed by atoms with Crippen LogP contribution in [0.4, 0.5) is 4.39 Å². The van der Waals surface area contributed by atoms with Crippen LogP contribution in [0.5, 0.6) is 0 Å². The molecule has 19 heavy (non-hydrogen) atoms. The Bertz CT molecular complexity index is 423. The summed E-state index contributed by atoms with van der Waals surface area (Å²) >= 11 is 0.